The predicted octanol–water partition coefficient (Wildman–Crippen LogP) is 3.87. The summed E-state index contributed by atoms with van der Waals surface area (Å²) in [6.45, 7) is 5.20. The molecule has 1 heterocycles. The van der Waals surface area contributed by atoms with Gasteiger partial charge in [0.2, 0.25) is 5.91 Å². The van der Waals surface area contributed by atoms with Crippen molar-refractivity contribution in [3.8, 4) is 11.3 Å². The van der Waals surface area contributed by atoms with Gasteiger partial charge in [0, 0.05) is 17.3 Å². The van der Waals surface area contributed by atoms with E-state index in [1.807, 2.05) is 31.2 Å². The van der Waals surface area contributed by atoms with E-state index in [1.54, 1.807) is 32.0 Å². The summed E-state index contributed by atoms with van der Waals surface area (Å²) in [7, 11) is 0. The molecule has 3 aromatic rings. The Kier molecular flexibility index (Phi) is 5.16. The third-order valence-electron chi connectivity index (χ3n) is 4.36. The Morgan fingerprint density at radius 1 is 1.07 bits per heavy atom. The molecule has 0 aliphatic rings. The molecule has 0 bridgehead atoms. The maximum atomic E-state index is 13.7. The van der Waals surface area contributed by atoms with Crippen molar-refractivity contribution in [1.82, 2.24) is 9.78 Å². The molecule has 0 spiro atoms. The first kappa shape index (κ1) is 18.5. The number of carbonyl (C=O) groups is 1. The summed E-state index contributed by atoms with van der Waals surface area (Å²) in [5.74, 6) is -0.856. The highest BCUT2D eigenvalue weighted by Crippen LogP contribution is 2.18. The molecule has 1 atom stereocenters. The Bertz CT molecular complexity index is 1040. The highest BCUT2D eigenvalue weighted by molar-refractivity contribution is 5.93. The number of anilines is 1. The second-order valence-electron chi connectivity index (χ2n) is 6.50. The van der Waals surface area contributed by atoms with Gasteiger partial charge in [0.25, 0.3) is 5.56 Å². The summed E-state index contributed by atoms with van der Waals surface area (Å²) in [5.41, 5.74) is 2.99. The molecule has 0 saturated carbocycles. The second-order valence-corrected chi connectivity index (χ2v) is 6.50. The molecule has 138 valence electrons. The molecule has 27 heavy (non-hydrogen) atoms. The third kappa shape index (κ3) is 4.11. The number of rotatable bonds is 4. The van der Waals surface area contributed by atoms with Crippen LogP contribution >= 0.6 is 0 Å². The van der Waals surface area contributed by atoms with Gasteiger partial charge in [-0.1, -0.05) is 35.9 Å². The van der Waals surface area contributed by atoms with Crippen LogP contribution in [0.1, 0.15) is 24.1 Å². The van der Waals surface area contributed by atoms with E-state index in [0.717, 1.165) is 15.8 Å². The van der Waals surface area contributed by atoms with Crippen molar-refractivity contribution in [2.75, 3.05) is 5.32 Å². The molecule has 6 heteroatoms. The van der Waals surface area contributed by atoms with Crippen LogP contribution in [0.15, 0.2) is 59.4 Å². The van der Waals surface area contributed by atoms with Crippen LogP contribution < -0.4 is 10.9 Å². The summed E-state index contributed by atoms with van der Waals surface area (Å²) in [6.07, 6.45) is 0. The standard InChI is InChI=1S/C21H20FN3O2/c1-13-4-7-16(8-5-13)19-10-11-20(26)25(24-19)15(3)21(27)23-17-9-6-14(2)18(22)12-17/h4-12,15H,1-3H3,(H,23,27). The minimum absolute atomic E-state index is 0.331. The monoisotopic (exact) mass is 365 g/mol. The Hall–Kier alpha value is -3.28. The quantitative estimate of drug-likeness (QED) is 0.763. The second kappa shape index (κ2) is 7.53. The Morgan fingerprint density at radius 3 is 2.44 bits per heavy atom. The lowest BCUT2D eigenvalue weighted by Crippen LogP contribution is -2.33. The zero-order valence-corrected chi connectivity index (χ0v) is 15.4. The van der Waals surface area contributed by atoms with Crippen molar-refractivity contribution >= 4 is 11.6 Å². The largest absolute Gasteiger partial charge is 0.324 e. The Balaban J connectivity index is 1.86. The molecule has 5 nitrogen and oxygen atoms in total. The third-order valence-corrected chi connectivity index (χ3v) is 4.36. The Morgan fingerprint density at radius 2 is 1.78 bits per heavy atom. The van der Waals surface area contributed by atoms with Gasteiger partial charge < -0.3 is 5.32 Å². The van der Waals surface area contributed by atoms with E-state index in [0.29, 0.717) is 16.9 Å². The molecule has 1 amide bonds. The molecule has 1 N–H and O–H groups in total. The zero-order chi connectivity index (χ0) is 19.6. The number of amides is 1. The van der Waals surface area contributed by atoms with Gasteiger partial charge in [0.1, 0.15) is 11.9 Å². The zero-order valence-electron chi connectivity index (χ0n) is 15.4. The summed E-state index contributed by atoms with van der Waals surface area (Å²) in [6, 6.07) is 14.3. The molecule has 0 saturated heterocycles. The van der Waals surface area contributed by atoms with Crippen LogP contribution in [0.5, 0.6) is 0 Å². The fourth-order valence-corrected chi connectivity index (χ4v) is 2.61. The number of hydrogen-bond donors (Lipinski definition) is 1. The predicted molar refractivity (Wildman–Crippen MR) is 103 cm³/mol. The molecule has 0 aliphatic heterocycles. The number of halogens is 1. The van der Waals surface area contributed by atoms with Gasteiger partial charge in [0.05, 0.1) is 5.69 Å². The van der Waals surface area contributed by atoms with E-state index in [9.17, 15) is 14.0 Å². The van der Waals surface area contributed by atoms with Gasteiger partial charge in [-0.15, -0.1) is 0 Å². The fraction of sp³-hybridized carbons (Fsp3) is 0.190. The fourth-order valence-electron chi connectivity index (χ4n) is 2.61. The summed E-state index contributed by atoms with van der Waals surface area (Å²) < 4.78 is 14.8. The van der Waals surface area contributed by atoms with Crippen molar-refractivity contribution in [1.29, 1.82) is 0 Å². The lowest BCUT2D eigenvalue weighted by molar-refractivity contribution is -0.119. The first-order chi connectivity index (χ1) is 12.8. The number of carbonyl (C=O) groups excluding carboxylic acids is 1. The van der Waals surface area contributed by atoms with Crippen molar-refractivity contribution in [3.05, 3.63) is 81.9 Å². The van der Waals surface area contributed by atoms with E-state index in [1.165, 1.54) is 12.1 Å². The van der Waals surface area contributed by atoms with Crippen LogP contribution in [0, 0.1) is 19.7 Å². The smallest absolute Gasteiger partial charge is 0.267 e. The molecule has 1 unspecified atom stereocenters. The van der Waals surface area contributed by atoms with Gasteiger partial charge >= 0.3 is 0 Å². The molecule has 0 aliphatic carbocycles. The van der Waals surface area contributed by atoms with Crippen LogP contribution in [0.2, 0.25) is 0 Å². The number of aryl methyl sites for hydroxylation is 2. The number of nitrogens with one attached hydrogen (secondary N) is 1. The first-order valence-corrected chi connectivity index (χ1v) is 8.59. The van der Waals surface area contributed by atoms with Crippen LogP contribution in [-0.2, 0) is 4.79 Å². The topological polar surface area (TPSA) is 64.0 Å². The Labute approximate surface area is 156 Å². The molecule has 0 fully saturated rings. The lowest BCUT2D eigenvalue weighted by atomic mass is 10.1. The van der Waals surface area contributed by atoms with Crippen LogP contribution in [0.4, 0.5) is 10.1 Å². The minimum Gasteiger partial charge on any atom is -0.324 e. The SMILES string of the molecule is Cc1ccc(-c2ccc(=O)n(C(C)C(=O)Nc3ccc(C)c(F)c3)n2)cc1. The number of hydrogen-bond acceptors (Lipinski definition) is 3. The number of benzene rings is 2. The molecular weight excluding hydrogens is 345 g/mol. The van der Waals surface area contributed by atoms with E-state index >= 15 is 0 Å². The first-order valence-electron chi connectivity index (χ1n) is 8.59. The highest BCUT2D eigenvalue weighted by Gasteiger charge is 2.18. The van der Waals surface area contributed by atoms with Gasteiger partial charge in [0.15, 0.2) is 0 Å². The van der Waals surface area contributed by atoms with Gasteiger partial charge in [-0.2, -0.15) is 5.10 Å². The van der Waals surface area contributed by atoms with Crippen molar-refractivity contribution in [2.24, 2.45) is 0 Å². The average Bonchev–Trinajstić information content (AvgIpc) is 2.65. The van der Waals surface area contributed by atoms with Crippen LogP contribution in [0.25, 0.3) is 11.3 Å². The van der Waals surface area contributed by atoms with Crippen LogP contribution in [-0.4, -0.2) is 15.7 Å². The van der Waals surface area contributed by atoms with Gasteiger partial charge in [-0.05, 0) is 44.5 Å². The minimum atomic E-state index is -0.854. The molecular formula is C21H20FN3O2. The van der Waals surface area contributed by atoms with Crippen molar-refractivity contribution in [3.63, 3.8) is 0 Å². The van der Waals surface area contributed by atoms with E-state index in [-0.39, 0.29) is 5.56 Å². The van der Waals surface area contributed by atoms with Gasteiger partial charge in [-0.25, -0.2) is 9.07 Å². The van der Waals surface area contributed by atoms with Gasteiger partial charge in [-0.3, -0.25) is 9.59 Å². The maximum absolute atomic E-state index is 13.7. The summed E-state index contributed by atoms with van der Waals surface area (Å²) in [4.78, 5) is 24.7. The number of aromatic nitrogens is 2. The normalized spacial score (nSPS) is 11.9. The molecule has 0 radical (unpaired) electrons. The molecule has 3 rings (SSSR count). The molecule has 2 aromatic carbocycles. The summed E-state index contributed by atoms with van der Waals surface area (Å²) >= 11 is 0. The highest BCUT2D eigenvalue weighted by atomic mass is 19.1. The maximum Gasteiger partial charge on any atom is 0.267 e. The average molecular weight is 365 g/mol. The van der Waals surface area contributed by atoms with Crippen molar-refractivity contribution < 1.29 is 9.18 Å². The van der Waals surface area contributed by atoms with E-state index < -0.39 is 17.8 Å². The van der Waals surface area contributed by atoms with E-state index in [4.69, 9.17) is 0 Å². The molecule has 1 aromatic heterocycles. The lowest BCUT2D eigenvalue weighted by Gasteiger charge is -2.15. The number of nitrogens with zero attached hydrogens (tertiary/aromatic N) is 2. The van der Waals surface area contributed by atoms with E-state index in [2.05, 4.69) is 10.4 Å². The van der Waals surface area contributed by atoms with Crippen LogP contribution in [0.3, 0.4) is 0 Å². The van der Waals surface area contributed by atoms with Crippen molar-refractivity contribution in [2.45, 2.75) is 26.8 Å². The summed E-state index contributed by atoms with van der Waals surface area (Å²) in [5, 5.41) is 6.96.